The molecule has 0 radical (unpaired) electrons. The highest BCUT2D eigenvalue weighted by atomic mass is 16.5. The van der Waals surface area contributed by atoms with Crippen LogP contribution in [0.25, 0.3) is 0 Å². The van der Waals surface area contributed by atoms with Gasteiger partial charge < -0.3 is 19.9 Å². The van der Waals surface area contributed by atoms with Gasteiger partial charge in [-0.2, -0.15) is 0 Å². The van der Waals surface area contributed by atoms with Gasteiger partial charge in [-0.25, -0.2) is 0 Å². The lowest BCUT2D eigenvalue weighted by Gasteiger charge is -2.24. The van der Waals surface area contributed by atoms with Gasteiger partial charge in [0.2, 0.25) is 0 Å². The van der Waals surface area contributed by atoms with Crippen molar-refractivity contribution in [2.45, 2.75) is 39.3 Å². The molecule has 0 saturated carbocycles. The Bertz CT molecular complexity index is 457. The summed E-state index contributed by atoms with van der Waals surface area (Å²) in [6, 6.07) is 5.09. The standard InChI is InChI=1S/C15H23NO4/c1-5-15(2,3)16-14(18)10-20-13-7-6-12(19-4)8-11(13)9-17/h6-8,17H,5,9-10H2,1-4H3,(H,16,18). The zero-order chi connectivity index (χ0) is 15.2. The maximum Gasteiger partial charge on any atom is 0.258 e. The van der Waals surface area contributed by atoms with Crippen LogP contribution in [0.15, 0.2) is 18.2 Å². The highest BCUT2D eigenvalue weighted by Crippen LogP contribution is 2.24. The molecule has 20 heavy (non-hydrogen) atoms. The molecule has 5 heteroatoms. The second kappa shape index (κ2) is 7.14. The van der Waals surface area contributed by atoms with Crippen molar-refractivity contribution in [2.75, 3.05) is 13.7 Å². The second-order valence-corrected chi connectivity index (χ2v) is 5.21. The SMILES string of the molecule is CCC(C)(C)NC(=O)COc1ccc(OC)cc1CO. The number of aliphatic hydroxyl groups excluding tert-OH is 1. The number of hydrogen-bond donors (Lipinski definition) is 2. The van der Waals surface area contributed by atoms with Crippen molar-refractivity contribution in [2.24, 2.45) is 0 Å². The van der Waals surface area contributed by atoms with Gasteiger partial charge >= 0.3 is 0 Å². The summed E-state index contributed by atoms with van der Waals surface area (Å²) < 4.78 is 10.5. The van der Waals surface area contributed by atoms with Gasteiger partial charge in [-0.05, 0) is 38.5 Å². The van der Waals surface area contributed by atoms with Crippen LogP contribution in [0.4, 0.5) is 0 Å². The molecule has 1 aromatic rings. The number of nitrogens with one attached hydrogen (secondary N) is 1. The fraction of sp³-hybridized carbons (Fsp3) is 0.533. The highest BCUT2D eigenvalue weighted by Gasteiger charge is 2.18. The number of rotatable bonds is 7. The summed E-state index contributed by atoms with van der Waals surface area (Å²) in [4.78, 5) is 11.8. The molecule has 0 aromatic heterocycles. The molecule has 0 bridgehead atoms. The van der Waals surface area contributed by atoms with E-state index in [4.69, 9.17) is 9.47 Å². The van der Waals surface area contributed by atoms with Crippen molar-refractivity contribution >= 4 is 5.91 Å². The molecule has 0 saturated heterocycles. The Morgan fingerprint density at radius 2 is 2.10 bits per heavy atom. The fourth-order valence-electron chi connectivity index (χ4n) is 1.59. The number of ether oxygens (including phenoxy) is 2. The van der Waals surface area contributed by atoms with Crippen LogP contribution in [-0.4, -0.2) is 30.3 Å². The van der Waals surface area contributed by atoms with E-state index in [1.165, 1.54) is 0 Å². The molecule has 0 spiro atoms. The van der Waals surface area contributed by atoms with E-state index in [1.807, 2.05) is 20.8 Å². The number of aliphatic hydroxyl groups is 1. The monoisotopic (exact) mass is 281 g/mol. The molecule has 0 aliphatic heterocycles. The third-order valence-electron chi connectivity index (χ3n) is 3.16. The average molecular weight is 281 g/mol. The predicted molar refractivity (Wildman–Crippen MR) is 76.9 cm³/mol. The molecular weight excluding hydrogens is 258 g/mol. The van der Waals surface area contributed by atoms with Crippen molar-refractivity contribution in [3.63, 3.8) is 0 Å². The largest absolute Gasteiger partial charge is 0.497 e. The minimum atomic E-state index is -0.250. The molecule has 0 atom stereocenters. The van der Waals surface area contributed by atoms with Crippen molar-refractivity contribution in [3.8, 4) is 11.5 Å². The number of hydrogen-bond acceptors (Lipinski definition) is 4. The van der Waals surface area contributed by atoms with Crippen molar-refractivity contribution in [1.29, 1.82) is 0 Å². The molecule has 0 aliphatic rings. The quantitative estimate of drug-likeness (QED) is 0.800. The van der Waals surface area contributed by atoms with E-state index in [9.17, 15) is 9.90 Å². The van der Waals surface area contributed by atoms with E-state index in [2.05, 4.69) is 5.32 Å². The Balaban J connectivity index is 2.63. The van der Waals surface area contributed by atoms with E-state index in [0.717, 1.165) is 6.42 Å². The van der Waals surface area contributed by atoms with Crippen LogP contribution < -0.4 is 14.8 Å². The van der Waals surface area contributed by atoms with E-state index in [-0.39, 0.29) is 24.7 Å². The van der Waals surface area contributed by atoms with Crippen LogP contribution in [0, 0.1) is 0 Å². The molecule has 0 fully saturated rings. The van der Waals surface area contributed by atoms with Crippen LogP contribution in [0.5, 0.6) is 11.5 Å². The van der Waals surface area contributed by atoms with Crippen LogP contribution in [-0.2, 0) is 11.4 Å². The lowest BCUT2D eigenvalue weighted by molar-refractivity contribution is -0.124. The molecule has 1 rings (SSSR count). The predicted octanol–water partition coefficient (Wildman–Crippen LogP) is 1.87. The van der Waals surface area contributed by atoms with Crippen LogP contribution in [0.1, 0.15) is 32.8 Å². The summed E-state index contributed by atoms with van der Waals surface area (Å²) in [5, 5.41) is 12.2. The third-order valence-corrected chi connectivity index (χ3v) is 3.16. The fourth-order valence-corrected chi connectivity index (χ4v) is 1.59. The summed E-state index contributed by atoms with van der Waals surface area (Å²) in [6.07, 6.45) is 0.836. The highest BCUT2D eigenvalue weighted by molar-refractivity contribution is 5.78. The van der Waals surface area contributed by atoms with Crippen LogP contribution in [0.2, 0.25) is 0 Å². The Morgan fingerprint density at radius 3 is 2.65 bits per heavy atom. The number of carbonyl (C=O) groups excluding carboxylic acids is 1. The van der Waals surface area contributed by atoms with Crippen LogP contribution in [0.3, 0.4) is 0 Å². The topological polar surface area (TPSA) is 67.8 Å². The maximum atomic E-state index is 11.8. The van der Waals surface area contributed by atoms with E-state index in [0.29, 0.717) is 17.1 Å². The van der Waals surface area contributed by atoms with Crippen molar-refractivity contribution in [3.05, 3.63) is 23.8 Å². The van der Waals surface area contributed by atoms with Gasteiger partial charge in [0, 0.05) is 11.1 Å². The van der Waals surface area contributed by atoms with Crippen molar-refractivity contribution < 1.29 is 19.4 Å². The first-order chi connectivity index (χ1) is 9.41. The normalized spacial score (nSPS) is 11.1. The molecule has 0 aliphatic carbocycles. The zero-order valence-electron chi connectivity index (χ0n) is 12.5. The van der Waals surface area contributed by atoms with Gasteiger partial charge in [0.05, 0.1) is 13.7 Å². The summed E-state index contributed by atoms with van der Waals surface area (Å²) in [5.74, 6) is 0.937. The van der Waals surface area contributed by atoms with Gasteiger partial charge in [-0.1, -0.05) is 6.92 Å². The lowest BCUT2D eigenvalue weighted by Crippen LogP contribution is -2.44. The smallest absolute Gasteiger partial charge is 0.258 e. The summed E-state index contributed by atoms with van der Waals surface area (Å²) in [5.41, 5.74) is 0.340. The summed E-state index contributed by atoms with van der Waals surface area (Å²) >= 11 is 0. The summed E-state index contributed by atoms with van der Waals surface area (Å²) in [6.45, 7) is 5.67. The molecule has 0 unspecified atom stereocenters. The second-order valence-electron chi connectivity index (χ2n) is 5.21. The average Bonchev–Trinajstić information content (AvgIpc) is 2.44. The minimum absolute atomic E-state index is 0.0806. The molecular formula is C15H23NO4. The first-order valence-electron chi connectivity index (χ1n) is 6.63. The van der Waals surface area contributed by atoms with Crippen molar-refractivity contribution in [1.82, 2.24) is 5.32 Å². The Labute approximate surface area is 119 Å². The first-order valence-corrected chi connectivity index (χ1v) is 6.63. The van der Waals surface area contributed by atoms with Gasteiger partial charge in [0.15, 0.2) is 6.61 Å². The Hall–Kier alpha value is -1.75. The molecule has 5 nitrogen and oxygen atoms in total. The maximum absolute atomic E-state index is 11.8. The van der Waals surface area contributed by atoms with E-state index < -0.39 is 0 Å². The lowest BCUT2D eigenvalue weighted by atomic mass is 10.0. The molecule has 1 aromatic carbocycles. The summed E-state index contributed by atoms with van der Waals surface area (Å²) in [7, 11) is 1.55. The van der Waals surface area contributed by atoms with Gasteiger partial charge in [-0.3, -0.25) is 4.79 Å². The van der Waals surface area contributed by atoms with E-state index >= 15 is 0 Å². The zero-order valence-corrected chi connectivity index (χ0v) is 12.5. The third kappa shape index (κ3) is 4.74. The number of amides is 1. The number of benzene rings is 1. The van der Waals surface area contributed by atoms with E-state index in [1.54, 1.807) is 25.3 Å². The molecule has 1 amide bonds. The Kier molecular flexibility index (Phi) is 5.82. The molecule has 0 heterocycles. The molecule has 2 N–H and O–H groups in total. The number of carbonyl (C=O) groups is 1. The van der Waals surface area contributed by atoms with Gasteiger partial charge in [-0.15, -0.1) is 0 Å². The number of methoxy groups -OCH3 is 1. The van der Waals surface area contributed by atoms with Gasteiger partial charge in [0.1, 0.15) is 11.5 Å². The minimum Gasteiger partial charge on any atom is -0.497 e. The molecule has 112 valence electrons. The first kappa shape index (κ1) is 16.3. The van der Waals surface area contributed by atoms with Crippen LogP contribution >= 0.6 is 0 Å². The Morgan fingerprint density at radius 1 is 1.40 bits per heavy atom. The van der Waals surface area contributed by atoms with Gasteiger partial charge in [0.25, 0.3) is 5.91 Å².